The molecule has 1 N–H and O–H groups in total. The summed E-state index contributed by atoms with van der Waals surface area (Å²) >= 11 is 8.21. The second kappa shape index (κ2) is 6.74. The summed E-state index contributed by atoms with van der Waals surface area (Å²) in [5.41, 5.74) is 2.41. The summed E-state index contributed by atoms with van der Waals surface area (Å²) in [6.07, 6.45) is 2.84. The van der Waals surface area contributed by atoms with E-state index >= 15 is 0 Å². The van der Waals surface area contributed by atoms with Gasteiger partial charge in [-0.3, -0.25) is 4.68 Å². The van der Waals surface area contributed by atoms with Crippen LogP contribution in [0.2, 0.25) is 5.02 Å². The lowest BCUT2D eigenvalue weighted by atomic mass is 10.1. The van der Waals surface area contributed by atoms with Crippen molar-refractivity contribution in [3.05, 3.63) is 38.3 Å². The van der Waals surface area contributed by atoms with Crippen LogP contribution in [0.5, 0.6) is 0 Å². The first kappa shape index (κ1) is 15.5. The van der Waals surface area contributed by atoms with E-state index in [-0.39, 0.29) is 6.04 Å². The van der Waals surface area contributed by atoms with E-state index in [9.17, 15) is 0 Å². The van der Waals surface area contributed by atoms with E-state index < -0.39 is 0 Å². The van der Waals surface area contributed by atoms with Crippen LogP contribution in [0.15, 0.2) is 12.3 Å². The summed E-state index contributed by atoms with van der Waals surface area (Å²) in [6, 6.07) is 2.39. The molecule has 2 aromatic heterocycles. The van der Waals surface area contributed by atoms with E-state index in [4.69, 9.17) is 11.6 Å². The monoisotopic (exact) mass is 311 g/mol. The molecule has 0 amide bonds. The highest BCUT2D eigenvalue weighted by atomic mass is 35.5. The minimum Gasteiger partial charge on any atom is -0.304 e. The third-order valence-electron chi connectivity index (χ3n) is 3.47. The summed E-state index contributed by atoms with van der Waals surface area (Å²) < 4.78 is 1.99. The van der Waals surface area contributed by atoms with E-state index in [0.717, 1.165) is 30.2 Å². The van der Waals surface area contributed by atoms with Crippen LogP contribution in [-0.2, 0) is 6.54 Å². The summed E-state index contributed by atoms with van der Waals surface area (Å²) in [6.45, 7) is 10.4. The van der Waals surface area contributed by atoms with Gasteiger partial charge < -0.3 is 5.32 Å². The average molecular weight is 312 g/mol. The molecule has 20 heavy (non-hydrogen) atoms. The Kier molecular flexibility index (Phi) is 5.24. The third-order valence-corrected chi connectivity index (χ3v) is 4.98. The smallest absolute Gasteiger partial charge is 0.0857 e. The third kappa shape index (κ3) is 3.08. The molecule has 0 radical (unpaired) electrons. The van der Waals surface area contributed by atoms with Gasteiger partial charge in [-0.2, -0.15) is 5.10 Å². The van der Waals surface area contributed by atoms with Crippen LogP contribution in [0.3, 0.4) is 0 Å². The molecule has 2 aromatic rings. The van der Waals surface area contributed by atoms with Crippen LogP contribution in [0.1, 0.15) is 47.3 Å². The van der Waals surface area contributed by atoms with Gasteiger partial charge in [-0.1, -0.05) is 18.5 Å². The van der Waals surface area contributed by atoms with E-state index in [1.165, 1.54) is 15.3 Å². The van der Waals surface area contributed by atoms with Gasteiger partial charge in [0, 0.05) is 16.3 Å². The van der Waals surface area contributed by atoms with Crippen molar-refractivity contribution in [1.29, 1.82) is 0 Å². The summed E-state index contributed by atoms with van der Waals surface area (Å²) in [5.74, 6) is 0. The van der Waals surface area contributed by atoms with Crippen LogP contribution >= 0.6 is 22.9 Å². The summed E-state index contributed by atoms with van der Waals surface area (Å²) in [4.78, 5) is 2.67. The normalized spacial score (nSPS) is 12.8. The molecule has 1 unspecified atom stereocenters. The number of nitrogens with one attached hydrogen (secondary N) is 1. The molecule has 2 rings (SSSR count). The predicted octanol–water partition coefficient (Wildman–Crippen LogP) is 4.32. The zero-order valence-electron chi connectivity index (χ0n) is 12.5. The molecule has 0 aliphatic carbocycles. The second-order valence-electron chi connectivity index (χ2n) is 4.97. The van der Waals surface area contributed by atoms with E-state index in [2.05, 4.69) is 44.2 Å². The van der Waals surface area contributed by atoms with Crippen molar-refractivity contribution in [1.82, 2.24) is 15.1 Å². The highest BCUT2D eigenvalue weighted by molar-refractivity contribution is 7.12. The Hall–Kier alpha value is -0.840. The lowest BCUT2D eigenvalue weighted by Crippen LogP contribution is -2.25. The number of nitrogens with zero attached hydrogens (tertiary/aromatic N) is 2. The fraction of sp³-hybridized carbons (Fsp3) is 0.533. The number of aryl methyl sites for hydroxylation is 3. The number of rotatable bonds is 6. The SMILES string of the molecule is CCCNC(c1cc(C)c(C)s1)c1c(Cl)cnn1CC. The van der Waals surface area contributed by atoms with Gasteiger partial charge in [-0.25, -0.2) is 0 Å². The minimum atomic E-state index is 0.127. The van der Waals surface area contributed by atoms with Gasteiger partial charge in [0.25, 0.3) is 0 Å². The van der Waals surface area contributed by atoms with Crippen molar-refractivity contribution < 1.29 is 0 Å². The standard InChI is InChI=1S/C15H22ClN3S/c1-5-7-17-14(13-8-10(3)11(4)20-13)15-12(16)9-18-19(15)6-2/h8-9,14,17H,5-7H2,1-4H3. The molecular weight excluding hydrogens is 290 g/mol. The Labute approximate surface area is 130 Å². The number of hydrogen-bond donors (Lipinski definition) is 1. The minimum absolute atomic E-state index is 0.127. The average Bonchev–Trinajstić information content (AvgIpc) is 2.95. The van der Waals surface area contributed by atoms with Gasteiger partial charge in [-0.15, -0.1) is 11.3 Å². The molecule has 5 heteroatoms. The molecule has 0 saturated heterocycles. The summed E-state index contributed by atoms with van der Waals surface area (Å²) in [5, 5.41) is 8.72. The number of thiophene rings is 1. The topological polar surface area (TPSA) is 29.9 Å². The van der Waals surface area contributed by atoms with Crippen LogP contribution in [0.25, 0.3) is 0 Å². The number of hydrogen-bond acceptors (Lipinski definition) is 3. The first-order valence-corrected chi connectivity index (χ1v) is 8.29. The van der Waals surface area contributed by atoms with Gasteiger partial charge in [-0.05, 0) is 45.4 Å². The highest BCUT2D eigenvalue weighted by Crippen LogP contribution is 2.34. The highest BCUT2D eigenvalue weighted by Gasteiger charge is 2.23. The second-order valence-corrected chi connectivity index (χ2v) is 6.66. The molecular formula is C15H22ClN3S. The van der Waals surface area contributed by atoms with E-state index in [0.29, 0.717) is 0 Å². The maximum atomic E-state index is 6.38. The van der Waals surface area contributed by atoms with Crippen molar-refractivity contribution in [3.8, 4) is 0 Å². The quantitative estimate of drug-likeness (QED) is 0.861. The molecule has 110 valence electrons. The Bertz CT molecular complexity index is 554. The van der Waals surface area contributed by atoms with Crippen molar-refractivity contribution in [2.75, 3.05) is 6.54 Å². The van der Waals surface area contributed by atoms with Gasteiger partial charge in [0.15, 0.2) is 0 Å². The van der Waals surface area contributed by atoms with Crippen molar-refractivity contribution in [2.24, 2.45) is 0 Å². The summed E-state index contributed by atoms with van der Waals surface area (Å²) in [7, 11) is 0. The first-order chi connectivity index (χ1) is 9.58. The van der Waals surface area contributed by atoms with Gasteiger partial charge in [0.05, 0.1) is 23.0 Å². The number of aromatic nitrogens is 2. The fourth-order valence-electron chi connectivity index (χ4n) is 2.28. The predicted molar refractivity (Wildman–Crippen MR) is 86.8 cm³/mol. The molecule has 2 heterocycles. The largest absolute Gasteiger partial charge is 0.304 e. The van der Waals surface area contributed by atoms with Crippen molar-refractivity contribution in [3.63, 3.8) is 0 Å². The molecule has 0 aliphatic rings. The zero-order chi connectivity index (χ0) is 14.7. The first-order valence-electron chi connectivity index (χ1n) is 7.10. The Morgan fingerprint density at radius 3 is 2.70 bits per heavy atom. The van der Waals surface area contributed by atoms with Crippen LogP contribution in [0, 0.1) is 13.8 Å². The zero-order valence-corrected chi connectivity index (χ0v) is 14.1. The van der Waals surface area contributed by atoms with Gasteiger partial charge in [0.1, 0.15) is 0 Å². The van der Waals surface area contributed by atoms with Crippen LogP contribution in [0.4, 0.5) is 0 Å². The molecule has 0 aliphatic heterocycles. The van der Waals surface area contributed by atoms with Crippen LogP contribution in [-0.4, -0.2) is 16.3 Å². The van der Waals surface area contributed by atoms with Gasteiger partial charge >= 0.3 is 0 Å². The molecule has 0 aromatic carbocycles. The molecule has 0 fully saturated rings. The lowest BCUT2D eigenvalue weighted by molar-refractivity contribution is 0.534. The van der Waals surface area contributed by atoms with Crippen molar-refractivity contribution >= 4 is 22.9 Å². The van der Waals surface area contributed by atoms with Crippen LogP contribution < -0.4 is 5.32 Å². The Balaban J connectivity index is 2.43. The molecule has 0 bridgehead atoms. The lowest BCUT2D eigenvalue weighted by Gasteiger charge is -2.19. The van der Waals surface area contributed by atoms with Crippen molar-refractivity contribution in [2.45, 2.75) is 46.7 Å². The number of halogens is 1. The van der Waals surface area contributed by atoms with E-state index in [1.807, 2.05) is 16.0 Å². The maximum absolute atomic E-state index is 6.38. The Morgan fingerprint density at radius 1 is 1.40 bits per heavy atom. The molecule has 3 nitrogen and oxygen atoms in total. The maximum Gasteiger partial charge on any atom is 0.0857 e. The molecule has 0 saturated carbocycles. The Morgan fingerprint density at radius 2 is 2.15 bits per heavy atom. The van der Waals surface area contributed by atoms with E-state index in [1.54, 1.807) is 6.20 Å². The van der Waals surface area contributed by atoms with Gasteiger partial charge in [0.2, 0.25) is 0 Å². The molecule has 0 spiro atoms. The fourth-order valence-corrected chi connectivity index (χ4v) is 3.65. The molecule has 1 atom stereocenters.